The van der Waals surface area contributed by atoms with Crippen LogP contribution in [0.1, 0.15) is 17.5 Å². The van der Waals surface area contributed by atoms with E-state index < -0.39 is 0 Å². The van der Waals surface area contributed by atoms with E-state index in [1.165, 1.54) is 11.6 Å². The van der Waals surface area contributed by atoms with Gasteiger partial charge in [0, 0.05) is 19.6 Å². The van der Waals surface area contributed by atoms with Gasteiger partial charge in [0.15, 0.2) is 0 Å². The number of carbonyl (C=O) groups is 1. The summed E-state index contributed by atoms with van der Waals surface area (Å²) < 4.78 is 0. The third kappa shape index (κ3) is 6.01. The van der Waals surface area contributed by atoms with Crippen LogP contribution in [0.5, 0.6) is 0 Å². The van der Waals surface area contributed by atoms with Crippen LogP contribution in [-0.2, 0) is 11.3 Å². The molecule has 0 aromatic heterocycles. The van der Waals surface area contributed by atoms with Crippen LogP contribution in [0, 0.1) is 11.3 Å². The number of halogens is 4. The van der Waals surface area contributed by atoms with Crippen molar-refractivity contribution < 1.29 is 4.79 Å². The summed E-state index contributed by atoms with van der Waals surface area (Å²) in [7, 11) is 0. The highest BCUT2D eigenvalue weighted by Crippen LogP contribution is 2.40. The number of nitriles is 1. The molecule has 0 aliphatic carbocycles. The highest BCUT2D eigenvalue weighted by atomic mass is 35.5. The molecule has 30 heavy (non-hydrogen) atoms. The maximum Gasteiger partial charge on any atom is 0.238 e. The molecule has 1 fully saturated rings. The number of anilines is 1. The third-order valence-corrected chi connectivity index (χ3v) is 6.49. The summed E-state index contributed by atoms with van der Waals surface area (Å²) in [5, 5.41) is 12.5. The molecule has 1 saturated heterocycles. The summed E-state index contributed by atoms with van der Waals surface area (Å²) in [6, 6.07) is 11.2. The fourth-order valence-electron chi connectivity index (χ4n) is 3.35. The van der Waals surface area contributed by atoms with E-state index in [-0.39, 0.29) is 38.2 Å². The summed E-state index contributed by atoms with van der Waals surface area (Å²) in [5.41, 5.74) is 2.06. The maximum absolute atomic E-state index is 12.6. The lowest BCUT2D eigenvalue weighted by Crippen LogP contribution is -2.36. The van der Waals surface area contributed by atoms with Crippen molar-refractivity contribution in [2.75, 3.05) is 38.0 Å². The molecule has 1 aliphatic heterocycles. The molecule has 158 valence electrons. The van der Waals surface area contributed by atoms with E-state index in [1.807, 2.05) is 24.3 Å². The highest BCUT2D eigenvalue weighted by molar-refractivity contribution is 6.50. The maximum atomic E-state index is 12.6. The molecule has 0 saturated carbocycles. The molecule has 0 atom stereocenters. The van der Waals surface area contributed by atoms with Crippen molar-refractivity contribution in [3.63, 3.8) is 0 Å². The molecule has 0 unspecified atom stereocenters. The first-order valence-electron chi connectivity index (χ1n) is 9.44. The van der Waals surface area contributed by atoms with Gasteiger partial charge in [0.25, 0.3) is 0 Å². The molecule has 1 N–H and O–H groups in total. The van der Waals surface area contributed by atoms with Crippen LogP contribution in [0.3, 0.4) is 0 Å². The van der Waals surface area contributed by atoms with E-state index in [2.05, 4.69) is 21.2 Å². The minimum Gasteiger partial charge on any atom is -0.322 e. The van der Waals surface area contributed by atoms with Gasteiger partial charge in [0.2, 0.25) is 5.91 Å². The Balaban J connectivity index is 1.54. The molecule has 2 aromatic carbocycles. The second-order valence-electron chi connectivity index (χ2n) is 7.11. The van der Waals surface area contributed by atoms with Crippen molar-refractivity contribution in [2.45, 2.75) is 13.0 Å². The minimum atomic E-state index is -0.224. The summed E-state index contributed by atoms with van der Waals surface area (Å²) in [6.07, 6.45) is 0.952. The number of hydrogen-bond donors (Lipinski definition) is 1. The molecular weight excluding hydrogens is 466 g/mol. The van der Waals surface area contributed by atoms with Crippen molar-refractivity contribution in [3.8, 4) is 6.07 Å². The van der Waals surface area contributed by atoms with Gasteiger partial charge in [-0.1, -0.05) is 58.5 Å². The first kappa shape index (κ1) is 23.1. The topological polar surface area (TPSA) is 59.4 Å². The van der Waals surface area contributed by atoms with E-state index in [9.17, 15) is 4.79 Å². The number of benzene rings is 2. The zero-order valence-corrected chi connectivity index (χ0v) is 19.1. The van der Waals surface area contributed by atoms with Gasteiger partial charge < -0.3 is 5.32 Å². The van der Waals surface area contributed by atoms with E-state index in [1.54, 1.807) is 0 Å². The Morgan fingerprint density at radius 3 is 2.20 bits per heavy atom. The SMILES string of the molecule is N#Cc1ccc(CN2CCCN(CC(=O)Nc3c(Cl)c(Cl)cc(Cl)c3Cl)CC2)cc1. The highest BCUT2D eigenvalue weighted by Gasteiger charge is 2.20. The van der Waals surface area contributed by atoms with Crippen LogP contribution < -0.4 is 5.32 Å². The number of nitrogens with one attached hydrogen (secondary N) is 1. The average molecular weight is 486 g/mol. The van der Waals surface area contributed by atoms with Gasteiger partial charge >= 0.3 is 0 Å². The smallest absolute Gasteiger partial charge is 0.238 e. The van der Waals surface area contributed by atoms with Crippen molar-refractivity contribution in [1.29, 1.82) is 5.26 Å². The van der Waals surface area contributed by atoms with Gasteiger partial charge in [-0.3, -0.25) is 14.6 Å². The summed E-state index contributed by atoms with van der Waals surface area (Å²) >= 11 is 24.4. The molecule has 1 heterocycles. The Labute approximate surface area is 196 Å². The van der Waals surface area contributed by atoms with Gasteiger partial charge in [-0.25, -0.2) is 0 Å². The molecule has 1 aliphatic rings. The van der Waals surface area contributed by atoms with Crippen LogP contribution in [0.25, 0.3) is 0 Å². The monoisotopic (exact) mass is 484 g/mol. The fraction of sp³-hybridized carbons (Fsp3) is 0.333. The largest absolute Gasteiger partial charge is 0.322 e. The molecule has 5 nitrogen and oxygen atoms in total. The number of carbonyl (C=O) groups excluding carboxylic acids is 1. The number of rotatable bonds is 5. The zero-order valence-electron chi connectivity index (χ0n) is 16.1. The van der Waals surface area contributed by atoms with Crippen LogP contribution in [0.2, 0.25) is 20.1 Å². The molecule has 0 spiro atoms. The Kier molecular flexibility index (Phi) is 8.24. The summed E-state index contributed by atoms with van der Waals surface area (Å²) in [4.78, 5) is 17.0. The summed E-state index contributed by atoms with van der Waals surface area (Å²) in [5.74, 6) is -0.224. The molecule has 3 rings (SSSR count). The Hall–Kier alpha value is -1.52. The van der Waals surface area contributed by atoms with Gasteiger partial charge in [-0.2, -0.15) is 5.26 Å². The van der Waals surface area contributed by atoms with Gasteiger partial charge in [-0.15, -0.1) is 0 Å². The second-order valence-corrected chi connectivity index (χ2v) is 8.68. The normalized spacial score (nSPS) is 15.4. The molecular formula is C21H20Cl4N4O. The predicted molar refractivity (Wildman–Crippen MR) is 123 cm³/mol. The quantitative estimate of drug-likeness (QED) is 0.582. The van der Waals surface area contributed by atoms with E-state index in [0.29, 0.717) is 5.56 Å². The standard InChI is InChI=1S/C21H20Cl4N4O/c22-16-10-17(23)20(25)21(19(16)24)27-18(30)13-29-7-1-6-28(8-9-29)12-15-4-2-14(11-26)3-5-15/h2-5,10H,1,6-9,12-13H2,(H,27,30). The average Bonchev–Trinajstić information content (AvgIpc) is 2.95. The van der Waals surface area contributed by atoms with Gasteiger partial charge in [-0.05, 0) is 43.3 Å². The third-order valence-electron chi connectivity index (χ3n) is 4.91. The van der Waals surface area contributed by atoms with Crippen molar-refractivity contribution in [2.24, 2.45) is 0 Å². The Morgan fingerprint density at radius 2 is 1.57 bits per heavy atom. The molecule has 0 radical (unpaired) electrons. The first-order chi connectivity index (χ1) is 14.4. The second kappa shape index (κ2) is 10.7. The first-order valence-corrected chi connectivity index (χ1v) is 10.9. The van der Waals surface area contributed by atoms with Crippen LogP contribution >= 0.6 is 46.4 Å². The lowest BCUT2D eigenvalue weighted by molar-refractivity contribution is -0.117. The van der Waals surface area contributed by atoms with E-state index in [0.717, 1.165) is 39.1 Å². The predicted octanol–water partition coefficient (Wildman–Crippen LogP) is 5.32. The zero-order chi connectivity index (χ0) is 21.7. The van der Waals surface area contributed by atoms with Crippen LogP contribution in [0.15, 0.2) is 30.3 Å². The lowest BCUT2D eigenvalue weighted by Gasteiger charge is -2.22. The van der Waals surface area contributed by atoms with Crippen LogP contribution in [0.4, 0.5) is 5.69 Å². The summed E-state index contributed by atoms with van der Waals surface area (Å²) in [6.45, 7) is 4.41. The number of amides is 1. The van der Waals surface area contributed by atoms with Gasteiger partial charge in [0.05, 0.1) is 44.0 Å². The van der Waals surface area contributed by atoms with Crippen molar-refractivity contribution >= 4 is 58.0 Å². The lowest BCUT2D eigenvalue weighted by atomic mass is 10.1. The van der Waals surface area contributed by atoms with Crippen molar-refractivity contribution in [3.05, 3.63) is 61.5 Å². The van der Waals surface area contributed by atoms with E-state index in [4.69, 9.17) is 51.7 Å². The molecule has 0 bridgehead atoms. The number of nitrogens with zero attached hydrogens (tertiary/aromatic N) is 3. The molecule has 9 heteroatoms. The van der Waals surface area contributed by atoms with E-state index >= 15 is 0 Å². The van der Waals surface area contributed by atoms with Crippen LogP contribution in [-0.4, -0.2) is 48.4 Å². The Morgan fingerprint density at radius 1 is 0.967 bits per heavy atom. The van der Waals surface area contributed by atoms with Gasteiger partial charge in [0.1, 0.15) is 0 Å². The number of hydrogen-bond acceptors (Lipinski definition) is 4. The minimum absolute atomic E-state index is 0.170. The fourth-order valence-corrected chi connectivity index (χ4v) is 4.25. The molecule has 1 amide bonds. The van der Waals surface area contributed by atoms with Crippen molar-refractivity contribution in [1.82, 2.24) is 9.80 Å². The molecule has 2 aromatic rings. The Bertz CT molecular complexity index is 933.